The molecule has 1 N–H and O–H groups in total. The molecule has 7 nitrogen and oxygen atoms in total. The predicted molar refractivity (Wildman–Crippen MR) is 135 cm³/mol. The first-order valence-electron chi connectivity index (χ1n) is 11.1. The van der Waals surface area contributed by atoms with Crippen molar-refractivity contribution in [2.24, 2.45) is 0 Å². The first kappa shape index (κ1) is 23.3. The number of benzene rings is 3. The topological polar surface area (TPSA) is 84.9 Å². The number of carbonyl (C=O) groups excluding carboxylic acids is 1. The lowest BCUT2D eigenvalue weighted by Gasteiger charge is -2.34. The van der Waals surface area contributed by atoms with E-state index in [4.69, 9.17) is 21.7 Å². The van der Waals surface area contributed by atoms with Crippen LogP contribution < -0.4 is 14.8 Å². The van der Waals surface area contributed by atoms with E-state index in [0.717, 1.165) is 0 Å². The average molecular weight is 509 g/mol. The number of nitrogens with one attached hydrogen (secondary N) is 1. The summed E-state index contributed by atoms with van der Waals surface area (Å²) < 4.78 is 39.2. The van der Waals surface area contributed by atoms with Gasteiger partial charge >= 0.3 is 0 Å². The van der Waals surface area contributed by atoms with E-state index >= 15 is 0 Å². The maximum Gasteiger partial charge on any atom is 0.256 e. The van der Waals surface area contributed by atoms with E-state index in [2.05, 4.69) is 5.32 Å². The highest BCUT2D eigenvalue weighted by Gasteiger charge is 2.65. The number of carbonyl (C=O) groups is 1. The number of methoxy groups -OCH3 is 2. The molecule has 0 aromatic heterocycles. The van der Waals surface area contributed by atoms with Crippen molar-refractivity contribution >= 4 is 33.1 Å². The van der Waals surface area contributed by atoms with Gasteiger partial charge in [0.25, 0.3) is 5.91 Å². The third-order valence-electron chi connectivity index (χ3n) is 6.83. The molecule has 2 saturated heterocycles. The molecular weight excluding hydrogens is 484 g/mol. The van der Waals surface area contributed by atoms with Gasteiger partial charge in [-0.15, -0.1) is 0 Å². The number of nitrogens with zero attached hydrogens (tertiary/aromatic N) is 1. The number of rotatable bonds is 6. The number of hydrogen-bond acceptors (Lipinski definition) is 6. The van der Waals surface area contributed by atoms with Crippen LogP contribution >= 0.6 is 12.2 Å². The van der Waals surface area contributed by atoms with Crippen molar-refractivity contribution in [3.05, 3.63) is 90.0 Å². The molecule has 3 aromatic rings. The highest BCUT2D eigenvalue weighted by molar-refractivity contribution is 7.92. The summed E-state index contributed by atoms with van der Waals surface area (Å²) >= 11 is 5.64. The normalized spacial score (nSPS) is 23.7. The van der Waals surface area contributed by atoms with Gasteiger partial charge in [-0.3, -0.25) is 4.79 Å². The lowest BCUT2D eigenvalue weighted by molar-refractivity contribution is -0.126. The van der Waals surface area contributed by atoms with Crippen molar-refractivity contribution in [3.8, 4) is 11.5 Å². The number of ether oxygens (including phenoxy) is 2. The van der Waals surface area contributed by atoms with Crippen LogP contribution in [0.4, 0.5) is 0 Å². The van der Waals surface area contributed by atoms with Crippen molar-refractivity contribution in [1.82, 2.24) is 10.2 Å². The molecule has 9 heteroatoms. The standard InChI is InChI=1S/C26H24N2O5S2/c1-32-18-13-14-20(21(15-18)33-2)23-22(35(30,31)19-11-7-4-8-12-19)16-26(17-9-5-3-6-10-17)24(29)27-25(34)28(23)26/h3-15,22-23H,16H2,1-2H3,(H,27,29,34)/t22?,23-,26+/m0/s1. The number of thiocarbonyl (C=S) groups is 1. The molecule has 5 rings (SSSR count). The largest absolute Gasteiger partial charge is 0.497 e. The summed E-state index contributed by atoms with van der Waals surface area (Å²) in [6, 6.07) is 21.9. The molecule has 0 aliphatic carbocycles. The molecule has 0 bridgehead atoms. The van der Waals surface area contributed by atoms with E-state index in [1.165, 1.54) is 7.11 Å². The summed E-state index contributed by atoms with van der Waals surface area (Å²) in [4.78, 5) is 15.5. The quantitative estimate of drug-likeness (QED) is 0.509. The maximum absolute atomic E-state index is 14.1. The van der Waals surface area contributed by atoms with Crippen molar-refractivity contribution in [2.75, 3.05) is 14.2 Å². The van der Waals surface area contributed by atoms with Gasteiger partial charge in [-0.2, -0.15) is 0 Å². The zero-order chi connectivity index (χ0) is 24.8. The molecule has 180 valence electrons. The van der Waals surface area contributed by atoms with E-state index in [1.807, 2.05) is 30.3 Å². The minimum Gasteiger partial charge on any atom is -0.497 e. The van der Waals surface area contributed by atoms with Crippen LogP contribution in [0.25, 0.3) is 0 Å². The van der Waals surface area contributed by atoms with Gasteiger partial charge < -0.3 is 19.7 Å². The van der Waals surface area contributed by atoms with Crippen LogP contribution in [-0.4, -0.2) is 43.8 Å². The Morgan fingerprint density at radius 3 is 2.26 bits per heavy atom. The Balaban J connectivity index is 1.78. The molecule has 1 amide bonds. The van der Waals surface area contributed by atoms with Crippen LogP contribution in [-0.2, 0) is 20.2 Å². The fraction of sp³-hybridized carbons (Fsp3) is 0.231. The molecule has 0 radical (unpaired) electrons. The minimum atomic E-state index is -3.88. The molecule has 35 heavy (non-hydrogen) atoms. The predicted octanol–water partition coefficient (Wildman–Crippen LogP) is 3.60. The number of amides is 1. The Kier molecular flexibility index (Phi) is 5.77. The summed E-state index contributed by atoms with van der Waals surface area (Å²) in [6.07, 6.45) is 0.0278. The summed E-state index contributed by atoms with van der Waals surface area (Å²) in [5.41, 5.74) is 0.00977. The SMILES string of the molecule is COc1ccc([C@H]2C(S(=O)(=O)c3ccccc3)C[C@@]3(c4ccccc4)C(=O)NC(=S)N23)c(OC)c1. The Bertz CT molecular complexity index is 1400. The average Bonchev–Trinajstić information content (AvgIpc) is 3.38. The number of hydrogen-bond donors (Lipinski definition) is 1. The highest BCUT2D eigenvalue weighted by atomic mass is 32.2. The second kappa shape index (κ2) is 8.66. The van der Waals surface area contributed by atoms with E-state index in [0.29, 0.717) is 22.6 Å². The molecule has 1 unspecified atom stereocenters. The summed E-state index contributed by atoms with van der Waals surface area (Å²) in [5.74, 6) is 0.684. The zero-order valence-corrected chi connectivity index (χ0v) is 20.8. The lowest BCUT2D eigenvalue weighted by Crippen LogP contribution is -2.42. The Hall–Kier alpha value is -3.43. The summed E-state index contributed by atoms with van der Waals surface area (Å²) in [7, 11) is -0.815. The Morgan fingerprint density at radius 2 is 1.63 bits per heavy atom. The van der Waals surface area contributed by atoms with Gasteiger partial charge in [-0.25, -0.2) is 8.42 Å². The first-order chi connectivity index (χ1) is 16.8. The van der Waals surface area contributed by atoms with Gasteiger partial charge in [-0.1, -0.05) is 48.5 Å². The maximum atomic E-state index is 14.1. The lowest BCUT2D eigenvalue weighted by atomic mass is 9.87. The molecule has 3 aromatic carbocycles. The first-order valence-corrected chi connectivity index (χ1v) is 13.0. The van der Waals surface area contributed by atoms with Crippen LogP contribution in [0.5, 0.6) is 11.5 Å². The van der Waals surface area contributed by atoms with Gasteiger partial charge in [0.15, 0.2) is 14.9 Å². The van der Waals surface area contributed by atoms with Gasteiger partial charge in [0.1, 0.15) is 17.0 Å². The van der Waals surface area contributed by atoms with Gasteiger partial charge in [0.05, 0.1) is 30.4 Å². The summed E-state index contributed by atoms with van der Waals surface area (Å²) in [5, 5.41) is 2.00. The van der Waals surface area contributed by atoms with Crippen LogP contribution in [0.2, 0.25) is 0 Å². The van der Waals surface area contributed by atoms with E-state index in [1.54, 1.807) is 60.5 Å². The number of sulfone groups is 1. The smallest absolute Gasteiger partial charge is 0.256 e. The molecular formula is C26H24N2O5S2. The van der Waals surface area contributed by atoms with Crippen molar-refractivity contribution in [1.29, 1.82) is 0 Å². The Morgan fingerprint density at radius 1 is 0.971 bits per heavy atom. The molecule has 2 heterocycles. The van der Waals surface area contributed by atoms with Crippen LogP contribution in [0.15, 0.2) is 83.8 Å². The van der Waals surface area contributed by atoms with Crippen molar-refractivity contribution < 1.29 is 22.7 Å². The highest BCUT2D eigenvalue weighted by Crippen LogP contribution is 2.55. The third kappa shape index (κ3) is 3.49. The zero-order valence-electron chi connectivity index (χ0n) is 19.2. The molecule has 0 spiro atoms. The molecule has 0 saturated carbocycles. The summed E-state index contributed by atoms with van der Waals surface area (Å²) in [6.45, 7) is 0. The van der Waals surface area contributed by atoms with Crippen LogP contribution in [0, 0.1) is 0 Å². The third-order valence-corrected chi connectivity index (χ3v) is 9.28. The van der Waals surface area contributed by atoms with Crippen molar-refractivity contribution in [3.63, 3.8) is 0 Å². The monoisotopic (exact) mass is 508 g/mol. The van der Waals surface area contributed by atoms with Gasteiger partial charge in [0, 0.05) is 18.1 Å². The molecule has 2 aliphatic rings. The van der Waals surface area contributed by atoms with Gasteiger partial charge in [0.2, 0.25) is 0 Å². The van der Waals surface area contributed by atoms with Crippen molar-refractivity contribution in [2.45, 2.75) is 28.1 Å². The second-order valence-corrected chi connectivity index (χ2v) is 11.1. The van der Waals surface area contributed by atoms with E-state index in [9.17, 15) is 13.2 Å². The molecule has 2 fully saturated rings. The van der Waals surface area contributed by atoms with Crippen LogP contribution in [0.3, 0.4) is 0 Å². The van der Waals surface area contributed by atoms with Crippen LogP contribution in [0.1, 0.15) is 23.6 Å². The second-order valence-electron chi connectivity index (χ2n) is 8.51. The van der Waals surface area contributed by atoms with E-state index in [-0.39, 0.29) is 22.3 Å². The number of fused-ring (bicyclic) bond motifs is 1. The molecule has 3 atom stereocenters. The Labute approximate surface area is 209 Å². The fourth-order valence-electron chi connectivity index (χ4n) is 5.24. The minimum absolute atomic E-state index is 0.0278. The van der Waals surface area contributed by atoms with E-state index < -0.39 is 26.7 Å². The van der Waals surface area contributed by atoms with Gasteiger partial charge in [-0.05, 0) is 42.0 Å². The fourth-order valence-corrected chi connectivity index (χ4v) is 7.55. The molecule has 2 aliphatic heterocycles.